The fourth-order valence-corrected chi connectivity index (χ4v) is 2.82. The molecule has 0 saturated heterocycles. The molecule has 3 rings (SSSR count). The highest BCUT2D eigenvalue weighted by atomic mass is 19.4. The maximum atomic E-state index is 12.7. The van der Waals surface area contributed by atoms with E-state index in [1.165, 1.54) is 12.1 Å². The van der Waals surface area contributed by atoms with Gasteiger partial charge in [0.2, 0.25) is 0 Å². The molecule has 23 heavy (non-hydrogen) atoms. The third-order valence-electron chi connectivity index (χ3n) is 4.07. The van der Waals surface area contributed by atoms with E-state index in [1.54, 1.807) is 12.2 Å². The quantitative estimate of drug-likeness (QED) is 0.825. The van der Waals surface area contributed by atoms with Crippen molar-refractivity contribution in [2.24, 2.45) is 5.92 Å². The maximum Gasteiger partial charge on any atom is 0.416 e. The van der Waals surface area contributed by atoms with E-state index in [2.05, 4.69) is 0 Å². The molecule has 1 aliphatic rings. The minimum atomic E-state index is -4.35. The maximum absolute atomic E-state index is 12.7. The molecule has 1 unspecified atom stereocenters. The van der Waals surface area contributed by atoms with Gasteiger partial charge in [-0.05, 0) is 40.8 Å². The zero-order valence-electron chi connectivity index (χ0n) is 12.1. The van der Waals surface area contributed by atoms with Crippen molar-refractivity contribution in [3.05, 3.63) is 65.2 Å². The normalized spacial score (nSPS) is 17.4. The third kappa shape index (κ3) is 3.16. The van der Waals surface area contributed by atoms with Crippen molar-refractivity contribution in [1.82, 2.24) is 0 Å². The SMILES string of the molecule is OC(O)C1C=Cc2c(cccc2-c2ccc(C(F)(F)F)cc2)C1. The highest BCUT2D eigenvalue weighted by molar-refractivity contribution is 5.78. The lowest BCUT2D eigenvalue weighted by atomic mass is 9.85. The second kappa shape index (κ2) is 5.83. The van der Waals surface area contributed by atoms with E-state index in [1.807, 2.05) is 18.2 Å². The van der Waals surface area contributed by atoms with Crippen LogP contribution in [0.2, 0.25) is 0 Å². The van der Waals surface area contributed by atoms with Gasteiger partial charge in [0, 0.05) is 5.92 Å². The van der Waals surface area contributed by atoms with Gasteiger partial charge in [-0.3, -0.25) is 0 Å². The molecule has 0 aromatic heterocycles. The fraction of sp³-hybridized carbons (Fsp3) is 0.222. The Morgan fingerprint density at radius 3 is 2.30 bits per heavy atom. The van der Waals surface area contributed by atoms with Crippen LogP contribution in [-0.4, -0.2) is 16.5 Å². The van der Waals surface area contributed by atoms with E-state index in [0.717, 1.165) is 28.8 Å². The van der Waals surface area contributed by atoms with E-state index in [0.29, 0.717) is 12.0 Å². The molecule has 0 amide bonds. The number of alkyl halides is 3. The first-order valence-corrected chi connectivity index (χ1v) is 7.20. The standard InChI is InChI=1S/C18H15F3O2/c19-18(20,21)14-7-4-11(5-8-14)15-3-1-2-12-10-13(17(22)23)6-9-16(12)15/h1-9,13,17,22-23H,10H2. The summed E-state index contributed by atoms with van der Waals surface area (Å²) in [6.07, 6.45) is -1.76. The van der Waals surface area contributed by atoms with Gasteiger partial charge in [0.25, 0.3) is 0 Å². The molecule has 2 nitrogen and oxygen atoms in total. The van der Waals surface area contributed by atoms with E-state index in [4.69, 9.17) is 0 Å². The summed E-state index contributed by atoms with van der Waals surface area (Å²) in [6.45, 7) is 0. The second-order valence-corrected chi connectivity index (χ2v) is 5.59. The van der Waals surface area contributed by atoms with E-state index >= 15 is 0 Å². The monoisotopic (exact) mass is 320 g/mol. The minimum Gasteiger partial charge on any atom is -0.368 e. The van der Waals surface area contributed by atoms with Crippen molar-refractivity contribution in [2.45, 2.75) is 18.9 Å². The Balaban J connectivity index is 1.98. The van der Waals surface area contributed by atoms with Gasteiger partial charge in [-0.15, -0.1) is 0 Å². The number of fused-ring (bicyclic) bond motifs is 1. The average molecular weight is 320 g/mol. The molecule has 120 valence electrons. The highest BCUT2D eigenvalue weighted by Crippen LogP contribution is 2.35. The molecule has 2 aromatic carbocycles. The number of aliphatic hydroxyl groups is 2. The van der Waals surface area contributed by atoms with Crippen molar-refractivity contribution >= 4 is 6.08 Å². The Labute approximate surface area is 131 Å². The molecule has 0 saturated carbocycles. The van der Waals surface area contributed by atoms with Crippen LogP contribution in [0.3, 0.4) is 0 Å². The van der Waals surface area contributed by atoms with Crippen LogP contribution in [0.4, 0.5) is 13.2 Å². The lowest BCUT2D eigenvalue weighted by molar-refractivity contribution is -0.137. The highest BCUT2D eigenvalue weighted by Gasteiger charge is 2.30. The van der Waals surface area contributed by atoms with Gasteiger partial charge in [-0.2, -0.15) is 13.2 Å². The van der Waals surface area contributed by atoms with Gasteiger partial charge in [0.05, 0.1) is 5.56 Å². The van der Waals surface area contributed by atoms with Crippen LogP contribution in [0.25, 0.3) is 17.2 Å². The predicted octanol–water partition coefficient (Wildman–Crippen LogP) is 3.87. The fourth-order valence-electron chi connectivity index (χ4n) is 2.82. The summed E-state index contributed by atoms with van der Waals surface area (Å²) >= 11 is 0. The molecule has 0 bridgehead atoms. The van der Waals surface area contributed by atoms with Gasteiger partial charge < -0.3 is 10.2 Å². The third-order valence-corrected chi connectivity index (χ3v) is 4.07. The number of halogens is 3. The number of hydrogen-bond donors (Lipinski definition) is 2. The molecule has 2 aromatic rings. The molecule has 0 fully saturated rings. The van der Waals surface area contributed by atoms with Gasteiger partial charge in [0.15, 0.2) is 6.29 Å². The molecule has 0 heterocycles. The van der Waals surface area contributed by atoms with E-state index in [9.17, 15) is 23.4 Å². The zero-order chi connectivity index (χ0) is 16.6. The summed E-state index contributed by atoms with van der Waals surface area (Å²) in [4.78, 5) is 0. The van der Waals surface area contributed by atoms with Crippen LogP contribution in [0.5, 0.6) is 0 Å². The molecule has 0 radical (unpaired) electrons. The molecule has 0 spiro atoms. The Kier molecular flexibility index (Phi) is 4.00. The Hall–Kier alpha value is -2.11. The molecule has 0 aliphatic heterocycles. The van der Waals surface area contributed by atoms with Gasteiger partial charge in [-0.25, -0.2) is 0 Å². The molecular formula is C18H15F3O2. The Morgan fingerprint density at radius 1 is 1.00 bits per heavy atom. The van der Waals surface area contributed by atoms with E-state index in [-0.39, 0.29) is 5.92 Å². The largest absolute Gasteiger partial charge is 0.416 e. The van der Waals surface area contributed by atoms with Crippen molar-refractivity contribution in [2.75, 3.05) is 0 Å². The summed E-state index contributed by atoms with van der Waals surface area (Å²) in [5.41, 5.74) is 2.71. The van der Waals surface area contributed by atoms with Gasteiger partial charge in [-0.1, -0.05) is 42.5 Å². The van der Waals surface area contributed by atoms with E-state index < -0.39 is 18.0 Å². The molecular weight excluding hydrogens is 305 g/mol. The molecule has 1 atom stereocenters. The zero-order valence-corrected chi connectivity index (χ0v) is 12.1. The number of benzene rings is 2. The summed E-state index contributed by atoms with van der Waals surface area (Å²) in [6, 6.07) is 10.6. The molecule has 2 N–H and O–H groups in total. The van der Waals surface area contributed by atoms with Gasteiger partial charge >= 0.3 is 6.18 Å². The Bertz CT molecular complexity index is 731. The second-order valence-electron chi connectivity index (χ2n) is 5.59. The first-order chi connectivity index (χ1) is 10.9. The first-order valence-electron chi connectivity index (χ1n) is 7.20. The summed E-state index contributed by atoms with van der Waals surface area (Å²) in [5.74, 6) is -0.370. The number of rotatable bonds is 2. The number of aliphatic hydroxyl groups excluding tert-OH is 1. The first kappa shape index (κ1) is 15.8. The van der Waals surface area contributed by atoms with Crippen LogP contribution in [-0.2, 0) is 12.6 Å². The van der Waals surface area contributed by atoms with Crippen LogP contribution < -0.4 is 0 Å². The summed E-state index contributed by atoms with van der Waals surface area (Å²) in [7, 11) is 0. The van der Waals surface area contributed by atoms with Crippen LogP contribution >= 0.6 is 0 Å². The van der Waals surface area contributed by atoms with Crippen molar-refractivity contribution in [1.29, 1.82) is 0 Å². The topological polar surface area (TPSA) is 40.5 Å². The summed E-state index contributed by atoms with van der Waals surface area (Å²) in [5, 5.41) is 18.6. The van der Waals surface area contributed by atoms with Crippen LogP contribution in [0.1, 0.15) is 16.7 Å². The average Bonchev–Trinajstić information content (AvgIpc) is 2.53. The lowest BCUT2D eigenvalue weighted by Crippen LogP contribution is -2.22. The Morgan fingerprint density at radius 2 is 1.70 bits per heavy atom. The molecule has 1 aliphatic carbocycles. The van der Waals surface area contributed by atoms with Crippen LogP contribution in [0, 0.1) is 5.92 Å². The van der Waals surface area contributed by atoms with Crippen molar-refractivity contribution < 1.29 is 23.4 Å². The van der Waals surface area contributed by atoms with Crippen molar-refractivity contribution in [3.63, 3.8) is 0 Å². The minimum absolute atomic E-state index is 0.370. The predicted molar refractivity (Wildman–Crippen MR) is 81.3 cm³/mol. The van der Waals surface area contributed by atoms with Crippen molar-refractivity contribution in [3.8, 4) is 11.1 Å². The van der Waals surface area contributed by atoms with Gasteiger partial charge in [0.1, 0.15) is 0 Å². The number of hydrogen-bond acceptors (Lipinski definition) is 2. The smallest absolute Gasteiger partial charge is 0.368 e. The van der Waals surface area contributed by atoms with Crippen LogP contribution in [0.15, 0.2) is 48.5 Å². The summed E-state index contributed by atoms with van der Waals surface area (Å²) < 4.78 is 38.0. The molecule has 5 heteroatoms. The lowest BCUT2D eigenvalue weighted by Gasteiger charge is -2.22.